The normalized spacial score (nSPS) is 17.3. The van der Waals surface area contributed by atoms with Crippen molar-refractivity contribution in [3.05, 3.63) is 65.7 Å². The van der Waals surface area contributed by atoms with E-state index in [1.54, 1.807) is 17.0 Å². The second-order valence-electron chi connectivity index (χ2n) is 6.21. The summed E-state index contributed by atoms with van der Waals surface area (Å²) in [4.78, 5) is 18.5. The molecule has 1 aliphatic heterocycles. The van der Waals surface area contributed by atoms with Crippen LogP contribution in [-0.4, -0.2) is 22.6 Å². The molecule has 1 fully saturated rings. The van der Waals surface area contributed by atoms with Gasteiger partial charge >= 0.3 is 0 Å². The summed E-state index contributed by atoms with van der Waals surface area (Å²) in [6, 6.07) is 13.7. The standard InChI is InChI=1S/C19H16FN3O2/c1-12-2-8-16(9-3-12)23-11-14(10-17(23)24)18-21-19(25-22-18)13-4-6-15(20)7-5-13/h2-9,14H,10-11H2,1H3. The number of benzene rings is 2. The first kappa shape index (κ1) is 15.5. The molecule has 25 heavy (non-hydrogen) atoms. The second-order valence-corrected chi connectivity index (χ2v) is 6.21. The molecule has 1 unspecified atom stereocenters. The van der Waals surface area contributed by atoms with Crippen LogP contribution in [0.5, 0.6) is 0 Å². The van der Waals surface area contributed by atoms with Crippen LogP contribution in [0.25, 0.3) is 11.5 Å². The number of halogens is 1. The van der Waals surface area contributed by atoms with Gasteiger partial charge in [0, 0.05) is 30.1 Å². The van der Waals surface area contributed by atoms with E-state index in [9.17, 15) is 9.18 Å². The van der Waals surface area contributed by atoms with E-state index >= 15 is 0 Å². The number of amides is 1. The molecule has 5 nitrogen and oxygen atoms in total. The van der Waals surface area contributed by atoms with Gasteiger partial charge in [0.1, 0.15) is 5.82 Å². The van der Waals surface area contributed by atoms with Gasteiger partial charge in [-0.3, -0.25) is 4.79 Å². The molecular weight excluding hydrogens is 321 g/mol. The Morgan fingerprint density at radius 2 is 1.84 bits per heavy atom. The van der Waals surface area contributed by atoms with Crippen LogP contribution in [-0.2, 0) is 4.79 Å². The first-order valence-corrected chi connectivity index (χ1v) is 8.07. The predicted octanol–water partition coefficient (Wildman–Crippen LogP) is 3.70. The number of aromatic nitrogens is 2. The Balaban J connectivity index is 1.54. The zero-order valence-corrected chi connectivity index (χ0v) is 13.6. The number of rotatable bonds is 3. The monoisotopic (exact) mass is 337 g/mol. The fraction of sp³-hybridized carbons (Fsp3) is 0.211. The summed E-state index contributed by atoms with van der Waals surface area (Å²) in [6.45, 7) is 2.53. The Morgan fingerprint density at radius 1 is 1.12 bits per heavy atom. The molecule has 4 rings (SSSR count). The molecule has 1 amide bonds. The molecule has 3 aromatic rings. The number of anilines is 1. The van der Waals surface area contributed by atoms with Crippen molar-refractivity contribution in [3.8, 4) is 11.5 Å². The van der Waals surface area contributed by atoms with Gasteiger partial charge in [-0.05, 0) is 43.3 Å². The maximum atomic E-state index is 13.0. The number of carbonyl (C=O) groups is 1. The zero-order valence-electron chi connectivity index (χ0n) is 13.6. The van der Waals surface area contributed by atoms with Gasteiger partial charge in [0.2, 0.25) is 5.91 Å². The average Bonchev–Trinajstić information content (AvgIpc) is 3.23. The van der Waals surface area contributed by atoms with E-state index in [1.165, 1.54) is 12.1 Å². The van der Waals surface area contributed by atoms with E-state index in [4.69, 9.17) is 4.52 Å². The fourth-order valence-electron chi connectivity index (χ4n) is 2.97. The van der Waals surface area contributed by atoms with Gasteiger partial charge in [-0.1, -0.05) is 22.9 Å². The lowest BCUT2D eigenvalue weighted by Gasteiger charge is -2.16. The summed E-state index contributed by atoms with van der Waals surface area (Å²) in [6.07, 6.45) is 0.344. The summed E-state index contributed by atoms with van der Waals surface area (Å²) in [5, 5.41) is 4.01. The molecule has 2 aromatic carbocycles. The Morgan fingerprint density at radius 3 is 2.56 bits per heavy atom. The van der Waals surface area contributed by atoms with E-state index in [0.717, 1.165) is 11.3 Å². The molecule has 0 spiro atoms. The summed E-state index contributed by atoms with van der Waals surface area (Å²) in [7, 11) is 0. The van der Waals surface area contributed by atoms with Crippen molar-refractivity contribution >= 4 is 11.6 Å². The lowest BCUT2D eigenvalue weighted by molar-refractivity contribution is -0.117. The van der Waals surface area contributed by atoms with Gasteiger partial charge in [-0.25, -0.2) is 4.39 Å². The van der Waals surface area contributed by atoms with Crippen LogP contribution in [0.1, 0.15) is 23.7 Å². The van der Waals surface area contributed by atoms with Crippen LogP contribution >= 0.6 is 0 Å². The van der Waals surface area contributed by atoms with Crippen molar-refractivity contribution in [1.82, 2.24) is 10.1 Å². The molecule has 2 heterocycles. The molecule has 1 aromatic heterocycles. The average molecular weight is 337 g/mol. The summed E-state index contributed by atoms with van der Waals surface area (Å²) in [5.74, 6) is 0.436. The van der Waals surface area contributed by atoms with E-state index in [-0.39, 0.29) is 17.6 Å². The molecular formula is C19H16FN3O2. The number of aryl methyl sites for hydroxylation is 1. The SMILES string of the molecule is Cc1ccc(N2CC(c3noc(-c4ccc(F)cc4)n3)CC2=O)cc1. The van der Waals surface area contributed by atoms with E-state index in [2.05, 4.69) is 10.1 Å². The topological polar surface area (TPSA) is 59.2 Å². The highest BCUT2D eigenvalue weighted by atomic mass is 19.1. The van der Waals surface area contributed by atoms with Crippen LogP contribution in [0, 0.1) is 12.7 Å². The molecule has 0 radical (unpaired) electrons. The quantitative estimate of drug-likeness (QED) is 0.731. The summed E-state index contributed by atoms with van der Waals surface area (Å²) in [5.41, 5.74) is 2.68. The minimum Gasteiger partial charge on any atom is -0.334 e. The Labute approximate surface area is 144 Å². The Hall–Kier alpha value is -3.02. The van der Waals surface area contributed by atoms with Crippen molar-refractivity contribution in [1.29, 1.82) is 0 Å². The van der Waals surface area contributed by atoms with Gasteiger partial charge in [-0.2, -0.15) is 4.98 Å². The highest BCUT2D eigenvalue weighted by Gasteiger charge is 2.34. The minimum atomic E-state index is -0.321. The number of nitrogens with zero attached hydrogens (tertiary/aromatic N) is 3. The van der Waals surface area contributed by atoms with Crippen LogP contribution in [0.2, 0.25) is 0 Å². The van der Waals surface area contributed by atoms with Crippen LogP contribution < -0.4 is 4.90 Å². The van der Waals surface area contributed by atoms with Gasteiger partial charge in [0.15, 0.2) is 5.82 Å². The molecule has 0 N–H and O–H groups in total. The van der Waals surface area contributed by atoms with Crippen LogP contribution in [0.3, 0.4) is 0 Å². The van der Waals surface area contributed by atoms with Crippen molar-refractivity contribution in [3.63, 3.8) is 0 Å². The first-order valence-electron chi connectivity index (χ1n) is 8.07. The summed E-state index contributed by atoms with van der Waals surface area (Å²) >= 11 is 0. The van der Waals surface area contributed by atoms with Gasteiger partial charge in [0.25, 0.3) is 5.89 Å². The maximum Gasteiger partial charge on any atom is 0.257 e. The number of carbonyl (C=O) groups excluding carboxylic acids is 1. The van der Waals surface area contributed by atoms with Crippen molar-refractivity contribution in [2.75, 3.05) is 11.4 Å². The molecule has 1 aliphatic rings. The Kier molecular flexibility index (Phi) is 3.80. The third kappa shape index (κ3) is 3.03. The molecule has 0 bridgehead atoms. The van der Waals surface area contributed by atoms with E-state index in [0.29, 0.717) is 30.2 Å². The molecule has 6 heteroatoms. The van der Waals surface area contributed by atoms with Crippen LogP contribution in [0.15, 0.2) is 53.1 Å². The van der Waals surface area contributed by atoms with Gasteiger partial charge < -0.3 is 9.42 Å². The lowest BCUT2D eigenvalue weighted by atomic mass is 10.1. The molecule has 0 aliphatic carbocycles. The number of hydrogen-bond donors (Lipinski definition) is 0. The minimum absolute atomic E-state index is 0.0435. The fourth-order valence-corrected chi connectivity index (χ4v) is 2.97. The van der Waals surface area contributed by atoms with Crippen molar-refractivity contribution < 1.29 is 13.7 Å². The van der Waals surface area contributed by atoms with E-state index in [1.807, 2.05) is 31.2 Å². The van der Waals surface area contributed by atoms with Gasteiger partial charge in [0.05, 0.1) is 0 Å². The first-order chi connectivity index (χ1) is 12.1. The highest BCUT2D eigenvalue weighted by Crippen LogP contribution is 2.31. The second kappa shape index (κ2) is 6.12. The molecule has 0 saturated carbocycles. The lowest BCUT2D eigenvalue weighted by Crippen LogP contribution is -2.24. The Bertz CT molecular complexity index is 903. The predicted molar refractivity (Wildman–Crippen MR) is 90.6 cm³/mol. The number of hydrogen-bond acceptors (Lipinski definition) is 4. The smallest absolute Gasteiger partial charge is 0.257 e. The summed E-state index contributed by atoms with van der Waals surface area (Å²) < 4.78 is 18.3. The zero-order chi connectivity index (χ0) is 17.4. The van der Waals surface area contributed by atoms with Crippen LogP contribution in [0.4, 0.5) is 10.1 Å². The largest absolute Gasteiger partial charge is 0.334 e. The van der Waals surface area contributed by atoms with Crippen molar-refractivity contribution in [2.45, 2.75) is 19.3 Å². The molecule has 1 saturated heterocycles. The van der Waals surface area contributed by atoms with E-state index < -0.39 is 0 Å². The highest BCUT2D eigenvalue weighted by molar-refractivity contribution is 5.96. The van der Waals surface area contributed by atoms with Gasteiger partial charge in [-0.15, -0.1) is 0 Å². The molecule has 126 valence electrons. The third-order valence-electron chi connectivity index (χ3n) is 4.37. The third-order valence-corrected chi connectivity index (χ3v) is 4.37. The molecule has 1 atom stereocenters. The van der Waals surface area contributed by atoms with Crippen molar-refractivity contribution in [2.24, 2.45) is 0 Å². The maximum absolute atomic E-state index is 13.0.